The third-order valence-corrected chi connectivity index (χ3v) is 12.1. The molecule has 6 bridgehead atoms. The van der Waals surface area contributed by atoms with Gasteiger partial charge < -0.3 is 49.1 Å². The number of cyclic esters (lactones) is 1. The number of carbonyl (C=O) groups is 4. The summed E-state index contributed by atoms with van der Waals surface area (Å²) in [5.74, 6) is -4.53. The second-order valence-corrected chi connectivity index (χ2v) is 17.5. The van der Waals surface area contributed by atoms with E-state index in [2.05, 4.69) is 12.2 Å². The first-order valence-corrected chi connectivity index (χ1v) is 21.9. The normalized spacial score (nSPS) is 33.8. The van der Waals surface area contributed by atoms with Crippen LogP contribution in [-0.4, -0.2) is 114 Å². The third kappa shape index (κ3) is 13.4. The van der Waals surface area contributed by atoms with Crippen molar-refractivity contribution in [3.63, 3.8) is 0 Å². The summed E-state index contributed by atoms with van der Waals surface area (Å²) in [5, 5.41) is 37.4. The molecular formula is C46H67NO13. The van der Waals surface area contributed by atoms with E-state index < -0.39 is 66.2 Å². The molecule has 334 valence electrons. The molecule has 4 heterocycles. The fourth-order valence-corrected chi connectivity index (χ4v) is 8.82. The van der Waals surface area contributed by atoms with Crippen LogP contribution in [0.2, 0.25) is 0 Å². The molecule has 0 unspecified atom stereocenters. The summed E-state index contributed by atoms with van der Waals surface area (Å²) in [4.78, 5) is 52.8. The van der Waals surface area contributed by atoms with Crippen LogP contribution < -0.4 is 5.32 Å². The summed E-state index contributed by atoms with van der Waals surface area (Å²) in [7, 11) is 1.22. The Morgan fingerprint density at radius 3 is 2.37 bits per heavy atom. The lowest BCUT2D eigenvalue weighted by molar-refractivity contribution is -0.327. The molecule has 0 radical (unpaired) electrons. The van der Waals surface area contributed by atoms with E-state index >= 15 is 0 Å². The number of nitrogens with one attached hydrogen (secondary N) is 1. The van der Waals surface area contributed by atoms with Crippen LogP contribution in [0.15, 0.2) is 54.1 Å². The minimum atomic E-state index is -2.30. The molecule has 4 aliphatic heterocycles. The highest BCUT2D eigenvalue weighted by Crippen LogP contribution is 2.47. The van der Waals surface area contributed by atoms with Crippen molar-refractivity contribution >= 4 is 23.8 Å². The number of methoxy groups -OCH3 is 1. The molecule has 1 aromatic carbocycles. The molecule has 3 saturated heterocycles. The van der Waals surface area contributed by atoms with E-state index in [1.807, 2.05) is 24.3 Å². The van der Waals surface area contributed by atoms with Gasteiger partial charge in [-0.1, -0.05) is 76.8 Å². The van der Waals surface area contributed by atoms with Gasteiger partial charge in [0.2, 0.25) is 5.79 Å². The summed E-state index contributed by atoms with van der Waals surface area (Å²) >= 11 is 0. The van der Waals surface area contributed by atoms with Gasteiger partial charge in [-0.2, -0.15) is 0 Å². The van der Waals surface area contributed by atoms with Gasteiger partial charge in [-0.3, -0.25) is 14.4 Å². The van der Waals surface area contributed by atoms with E-state index in [4.69, 9.17) is 28.4 Å². The van der Waals surface area contributed by atoms with Gasteiger partial charge in [0.25, 0.3) is 5.91 Å². The molecule has 0 saturated carbocycles. The van der Waals surface area contributed by atoms with Crippen molar-refractivity contribution < 1.29 is 62.9 Å². The van der Waals surface area contributed by atoms with Crippen molar-refractivity contribution in [3.05, 3.63) is 59.7 Å². The SMILES string of the molecule is CCCCCCCC(=O)O[C@H]1/C(=C/C(=O)OC)C[C@H]2C[C@H](CO)OC(=O)C[C@H](O)C[C@@H]3CCC[C@H](C[C@@H]4C[C@H](NC(=O)c5ccccc5)C[C@H](/C=C/C(C)(C)[C@]1(O)O2)O4)O3. The lowest BCUT2D eigenvalue weighted by Crippen LogP contribution is -2.62. The Balaban J connectivity index is 1.51. The summed E-state index contributed by atoms with van der Waals surface area (Å²) in [5.41, 5.74) is -0.580. The maximum Gasteiger partial charge on any atom is 0.330 e. The molecule has 0 aliphatic carbocycles. The van der Waals surface area contributed by atoms with Crippen molar-refractivity contribution in [1.82, 2.24) is 5.32 Å². The lowest BCUT2D eigenvalue weighted by Gasteiger charge is -2.51. The molecule has 0 aromatic heterocycles. The Kier molecular flexibility index (Phi) is 17.7. The molecule has 3 fully saturated rings. The number of carbonyl (C=O) groups excluding carboxylic acids is 4. The van der Waals surface area contributed by atoms with Crippen molar-refractivity contribution in [3.8, 4) is 0 Å². The molecule has 14 nitrogen and oxygen atoms in total. The quantitative estimate of drug-likeness (QED) is 0.0714. The number of benzene rings is 1. The van der Waals surface area contributed by atoms with Crippen molar-refractivity contribution in [1.29, 1.82) is 0 Å². The predicted molar refractivity (Wildman–Crippen MR) is 220 cm³/mol. The van der Waals surface area contributed by atoms with Gasteiger partial charge in [-0.25, -0.2) is 4.79 Å². The molecule has 1 amide bonds. The highest BCUT2D eigenvalue weighted by Gasteiger charge is 2.57. The Morgan fingerprint density at radius 1 is 0.917 bits per heavy atom. The van der Waals surface area contributed by atoms with E-state index in [9.17, 15) is 34.5 Å². The predicted octanol–water partition coefficient (Wildman–Crippen LogP) is 5.54. The van der Waals surface area contributed by atoms with Gasteiger partial charge in [0.15, 0.2) is 6.10 Å². The van der Waals surface area contributed by atoms with Crippen LogP contribution in [0.25, 0.3) is 0 Å². The third-order valence-electron chi connectivity index (χ3n) is 12.1. The number of aliphatic hydroxyl groups is 3. The van der Waals surface area contributed by atoms with Crippen LogP contribution in [0.5, 0.6) is 0 Å². The average molecular weight is 842 g/mol. The Bertz CT molecular complexity index is 1630. The number of rotatable bonds is 11. The molecule has 1 aromatic rings. The number of aliphatic hydroxyl groups excluding tert-OH is 2. The Labute approximate surface area is 354 Å². The van der Waals surface area contributed by atoms with E-state index in [1.54, 1.807) is 32.1 Å². The second kappa shape index (κ2) is 22.4. The van der Waals surface area contributed by atoms with Gasteiger partial charge in [0.1, 0.15) is 6.10 Å². The average Bonchev–Trinajstić information content (AvgIpc) is 3.21. The molecule has 14 heteroatoms. The summed E-state index contributed by atoms with van der Waals surface area (Å²) in [6, 6.07) is 8.72. The smallest absolute Gasteiger partial charge is 0.330 e. The Morgan fingerprint density at radius 2 is 1.65 bits per heavy atom. The van der Waals surface area contributed by atoms with Gasteiger partial charge in [0, 0.05) is 42.4 Å². The maximum atomic E-state index is 13.5. The number of hydrogen-bond donors (Lipinski definition) is 4. The maximum absolute atomic E-state index is 13.5. The summed E-state index contributed by atoms with van der Waals surface area (Å²) in [6.07, 6.45) is 7.12. The molecule has 60 heavy (non-hydrogen) atoms. The van der Waals surface area contributed by atoms with Gasteiger partial charge >= 0.3 is 17.9 Å². The first-order chi connectivity index (χ1) is 28.7. The first-order valence-electron chi connectivity index (χ1n) is 21.9. The van der Waals surface area contributed by atoms with Crippen LogP contribution in [0.1, 0.15) is 134 Å². The molecule has 4 N–H and O–H groups in total. The minimum absolute atomic E-state index is 0.0290. The van der Waals surface area contributed by atoms with Crippen LogP contribution >= 0.6 is 0 Å². The zero-order chi connectivity index (χ0) is 43.3. The minimum Gasteiger partial charge on any atom is -0.466 e. The van der Waals surface area contributed by atoms with Crippen molar-refractivity contribution in [2.45, 2.75) is 184 Å². The highest BCUT2D eigenvalue weighted by molar-refractivity contribution is 5.94. The van der Waals surface area contributed by atoms with Crippen LogP contribution in [-0.2, 0) is 42.8 Å². The molecular weight excluding hydrogens is 774 g/mol. The standard InChI is InChI=1S/C46H67NO13/c1-5-6-7-8-12-18-40(50)59-43-31(22-41(51)55-4)21-38-28-39(29-48)58-42(52)26-33(49)25-34-16-13-17-35(56-34)27-37-24-32(47-44(53)30-14-10-9-11-15-30)23-36(57-37)19-20-45(2,3)46(43,54)60-38/h9-11,14-15,19-20,22,32-39,43,48-49,54H,5-8,12-13,16-18,21,23-29H2,1-4H3,(H,47,53)/b20-19+,31-22+/t32-,33-,34+,35-,36+,37+,38+,39-,43+,46-/m1/s1. The van der Waals surface area contributed by atoms with Crippen molar-refractivity contribution in [2.75, 3.05) is 13.7 Å². The van der Waals surface area contributed by atoms with Gasteiger partial charge in [-0.05, 0) is 69.1 Å². The number of ether oxygens (including phenoxy) is 6. The van der Waals surface area contributed by atoms with Gasteiger partial charge in [-0.15, -0.1) is 0 Å². The van der Waals surface area contributed by atoms with Gasteiger partial charge in [0.05, 0.1) is 56.8 Å². The molecule has 5 rings (SSSR count). The largest absolute Gasteiger partial charge is 0.466 e. The van der Waals surface area contributed by atoms with Crippen LogP contribution in [0, 0.1) is 5.41 Å². The Hall–Kier alpha value is -3.66. The summed E-state index contributed by atoms with van der Waals surface area (Å²) < 4.78 is 36.3. The number of hydrogen-bond acceptors (Lipinski definition) is 13. The number of amides is 1. The number of fused-ring (bicyclic) bond motifs is 6. The molecule has 0 spiro atoms. The topological polar surface area (TPSA) is 196 Å². The zero-order valence-electron chi connectivity index (χ0n) is 35.8. The number of esters is 3. The van der Waals surface area contributed by atoms with Crippen LogP contribution in [0.3, 0.4) is 0 Å². The number of unbranched alkanes of at least 4 members (excludes halogenated alkanes) is 4. The highest BCUT2D eigenvalue weighted by atomic mass is 16.7. The second-order valence-electron chi connectivity index (χ2n) is 17.5. The van der Waals surface area contributed by atoms with E-state index in [-0.39, 0.29) is 67.9 Å². The monoisotopic (exact) mass is 841 g/mol. The van der Waals surface area contributed by atoms with E-state index in [0.29, 0.717) is 31.2 Å². The fourth-order valence-electron chi connectivity index (χ4n) is 8.82. The van der Waals surface area contributed by atoms with E-state index in [0.717, 1.165) is 44.9 Å². The fraction of sp³-hybridized carbons (Fsp3) is 0.696. The lowest BCUT2D eigenvalue weighted by atomic mass is 9.74. The molecule has 4 aliphatic rings. The van der Waals surface area contributed by atoms with Crippen LogP contribution in [0.4, 0.5) is 0 Å². The summed E-state index contributed by atoms with van der Waals surface area (Å²) in [6.45, 7) is 4.96. The van der Waals surface area contributed by atoms with Crippen molar-refractivity contribution in [2.24, 2.45) is 5.41 Å². The van der Waals surface area contributed by atoms with E-state index in [1.165, 1.54) is 13.2 Å². The first kappa shape index (κ1) is 47.4. The molecule has 10 atom stereocenters. The zero-order valence-corrected chi connectivity index (χ0v) is 35.8.